The van der Waals surface area contributed by atoms with Gasteiger partial charge in [-0.15, -0.1) is 0 Å². The molecule has 0 aliphatic rings. The van der Waals surface area contributed by atoms with Gasteiger partial charge in [-0.2, -0.15) is 0 Å². The zero-order valence-electron chi connectivity index (χ0n) is 12.1. The molecule has 0 saturated heterocycles. The first-order valence-electron chi connectivity index (χ1n) is 6.89. The molecule has 1 aromatic rings. The minimum Gasteiger partial charge on any atom is -0.385 e. The van der Waals surface area contributed by atoms with Gasteiger partial charge in [0.15, 0.2) is 0 Å². The highest BCUT2D eigenvalue weighted by molar-refractivity contribution is 5.94. The van der Waals surface area contributed by atoms with E-state index in [2.05, 4.69) is 17.6 Å². The van der Waals surface area contributed by atoms with Gasteiger partial charge in [0.2, 0.25) is 0 Å². The highest BCUT2D eigenvalue weighted by Crippen LogP contribution is 2.16. The van der Waals surface area contributed by atoms with Gasteiger partial charge in [0.25, 0.3) is 5.91 Å². The second-order valence-electron chi connectivity index (χ2n) is 4.37. The third kappa shape index (κ3) is 5.30. The molecule has 1 rings (SSSR count). The van der Waals surface area contributed by atoms with Crippen LogP contribution in [0.3, 0.4) is 0 Å². The Morgan fingerprint density at radius 3 is 2.74 bits per heavy atom. The summed E-state index contributed by atoms with van der Waals surface area (Å²) in [5.74, 6) is -0.0253. The summed E-state index contributed by atoms with van der Waals surface area (Å²) in [4.78, 5) is 11.9. The van der Waals surface area contributed by atoms with Crippen LogP contribution in [-0.4, -0.2) is 32.2 Å². The molecule has 1 aromatic carbocycles. The first-order chi connectivity index (χ1) is 9.19. The van der Waals surface area contributed by atoms with Crippen molar-refractivity contribution in [2.24, 2.45) is 0 Å². The summed E-state index contributed by atoms with van der Waals surface area (Å²) >= 11 is 0. The topological polar surface area (TPSA) is 50.4 Å². The fraction of sp³-hybridized carbons (Fsp3) is 0.533. The van der Waals surface area contributed by atoms with Crippen molar-refractivity contribution in [1.29, 1.82) is 0 Å². The summed E-state index contributed by atoms with van der Waals surface area (Å²) in [5, 5.41) is 6.16. The largest absolute Gasteiger partial charge is 0.385 e. The molecule has 0 aromatic heterocycles. The number of ether oxygens (including phenoxy) is 1. The molecule has 0 aliphatic carbocycles. The number of benzene rings is 1. The van der Waals surface area contributed by atoms with Crippen LogP contribution in [0.5, 0.6) is 0 Å². The van der Waals surface area contributed by atoms with Crippen molar-refractivity contribution in [2.75, 3.05) is 31.6 Å². The number of amides is 1. The van der Waals surface area contributed by atoms with Crippen molar-refractivity contribution in [3.05, 3.63) is 29.3 Å². The second kappa shape index (κ2) is 8.53. The van der Waals surface area contributed by atoms with E-state index in [1.54, 1.807) is 0 Å². The first kappa shape index (κ1) is 15.5. The van der Waals surface area contributed by atoms with Gasteiger partial charge in [-0.05, 0) is 51.0 Å². The fourth-order valence-corrected chi connectivity index (χ4v) is 1.82. The van der Waals surface area contributed by atoms with Crippen LogP contribution in [0.2, 0.25) is 0 Å². The van der Waals surface area contributed by atoms with Gasteiger partial charge in [-0.25, -0.2) is 0 Å². The molecule has 0 heterocycles. The van der Waals surface area contributed by atoms with Gasteiger partial charge in [0.05, 0.1) is 0 Å². The molecule has 0 atom stereocenters. The Morgan fingerprint density at radius 1 is 1.32 bits per heavy atom. The molecule has 0 unspecified atom stereocenters. The van der Waals surface area contributed by atoms with Gasteiger partial charge < -0.3 is 15.4 Å². The van der Waals surface area contributed by atoms with Crippen LogP contribution in [0, 0.1) is 6.92 Å². The van der Waals surface area contributed by atoms with Crippen LogP contribution in [0.25, 0.3) is 0 Å². The van der Waals surface area contributed by atoms with Crippen LogP contribution in [0.15, 0.2) is 18.2 Å². The zero-order valence-corrected chi connectivity index (χ0v) is 12.1. The highest BCUT2D eigenvalue weighted by atomic mass is 16.5. The van der Waals surface area contributed by atoms with E-state index in [1.165, 1.54) is 0 Å². The molecule has 4 heteroatoms. The molecular weight excluding hydrogens is 240 g/mol. The Morgan fingerprint density at radius 2 is 2.11 bits per heavy atom. The van der Waals surface area contributed by atoms with Crippen LogP contribution < -0.4 is 10.6 Å². The molecule has 0 bridgehead atoms. The normalized spacial score (nSPS) is 10.3. The Kier molecular flexibility index (Phi) is 6.97. The predicted octanol–water partition coefficient (Wildman–Crippen LogP) is 2.58. The van der Waals surface area contributed by atoms with E-state index in [4.69, 9.17) is 4.74 Å². The fourth-order valence-electron chi connectivity index (χ4n) is 1.82. The van der Waals surface area contributed by atoms with Crippen LogP contribution in [0.1, 0.15) is 36.2 Å². The van der Waals surface area contributed by atoms with Crippen molar-refractivity contribution < 1.29 is 9.53 Å². The van der Waals surface area contributed by atoms with Crippen molar-refractivity contribution in [3.8, 4) is 0 Å². The Hall–Kier alpha value is -1.55. The number of hydrogen-bond donors (Lipinski definition) is 2. The Balaban J connectivity index is 2.46. The minimum absolute atomic E-state index is 0.0253. The van der Waals surface area contributed by atoms with Crippen molar-refractivity contribution in [3.63, 3.8) is 0 Å². The molecule has 19 heavy (non-hydrogen) atoms. The predicted molar refractivity (Wildman–Crippen MR) is 78.8 cm³/mol. The molecule has 0 aliphatic heterocycles. The van der Waals surface area contributed by atoms with Gasteiger partial charge in [0, 0.05) is 37.6 Å². The number of carbonyl (C=O) groups is 1. The molecule has 0 fully saturated rings. The maximum Gasteiger partial charge on any atom is 0.251 e. The van der Waals surface area contributed by atoms with Crippen molar-refractivity contribution in [1.82, 2.24) is 5.32 Å². The van der Waals surface area contributed by atoms with Crippen LogP contribution in [0.4, 0.5) is 5.69 Å². The van der Waals surface area contributed by atoms with Gasteiger partial charge >= 0.3 is 0 Å². The molecule has 106 valence electrons. The monoisotopic (exact) mass is 264 g/mol. The first-order valence-corrected chi connectivity index (χ1v) is 6.89. The standard InChI is InChI=1S/C15H24N2O2/c1-4-16-14-8-7-13(11-12(14)3)15(18)17-9-6-10-19-5-2/h7-8,11,16H,4-6,9-10H2,1-3H3,(H,17,18). The third-order valence-electron chi connectivity index (χ3n) is 2.81. The van der Waals surface area contributed by atoms with Crippen LogP contribution >= 0.6 is 0 Å². The summed E-state index contributed by atoms with van der Waals surface area (Å²) in [6.07, 6.45) is 0.841. The maximum atomic E-state index is 11.9. The van der Waals surface area contributed by atoms with E-state index < -0.39 is 0 Å². The van der Waals surface area contributed by atoms with E-state index in [0.717, 1.165) is 30.8 Å². The minimum atomic E-state index is -0.0253. The maximum absolute atomic E-state index is 11.9. The average Bonchev–Trinajstić information content (AvgIpc) is 2.41. The summed E-state index contributed by atoms with van der Waals surface area (Å²) in [5.41, 5.74) is 2.87. The smallest absolute Gasteiger partial charge is 0.251 e. The van der Waals surface area contributed by atoms with E-state index in [9.17, 15) is 4.79 Å². The molecular formula is C15H24N2O2. The summed E-state index contributed by atoms with van der Waals surface area (Å²) in [6, 6.07) is 5.71. The number of hydrogen-bond acceptors (Lipinski definition) is 3. The number of nitrogens with one attached hydrogen (secondary N) is 2. The second-order valence-corrected chi connectivity index (χ2v) is 4.37. The van der Waals surface area contributed by atoms with Crippen molar-refractivity contribution in [2.45, 2.75) is 27.2 Å². The zero-order chi connectivity index (χ0) is 14.1. The van der Waals surface area contributed by atoms with Gasteiger partial charge in [-0.1, -0.05) is 0 Å². The number of anilines is 1. The lowest BCUT2D eigenvalue weighted by Gasteiger charge is -2.10. The van der Waals surface area contributed by atoms with E-state index in [-0.39, 0.29) is 5.91 Å². The number of carbonyl (C=O) groups excluding carboxylic acids is 1. The lowest BCUT2D eigenvalue weighted by Crippen LogP contribution is -2.25. The average molecular weight is 264 g/mol. The van der Waals surface area contributed by atoms with Gasteiger partial charge in [0.1, 0.15) is 0 Å². The molecule has 2 N–H and O–H groups in total. The lowest BCUT2D eigenvalue weighted by molar-refractivity contribution is 0.0944. The SMILES string of the molecule is CCNc1ccc(C(=O)NCCCOCC)cc1C. The van der Waals surface area contributed by atoms with E-state index in [1.807, 2.05) is 32.0 Å². The molecule has 1 amide bonds. The van der Waals surface area contributed by atoms with Crippen LogP contribution in [-0.2, 0) is 4.74 Å². The Bertz CT molecular complexity index is 405. The lowest BCUT2D eigenvalue weighted by atomic mass is 10.1. The summed E-state index contributed by atoms with van der Waals surface area (Å²) < 4.78 is 5.22. The number of rotatable bonds is 8. The molecule has 0 saturated carbocycles. The quantitative estimate of drug-likeness (QED) is 0.710. The number of aryl methyl sites for hydroxylation is 1. The molecule has 4 nitrogen and oxygen atoms in total. The summed E-state index contributed by atoms with van der Waals surface area (Å²) in [7, 11) is 0. The van der Waals surface area contributed by atoms with E-state index in [0.29, 0.717) is 18.7 Å². The van der Waals surface area contributed by atoms with E-state index >= 15 is 0 Å². The molecule has 0 radical (unpaired) electrons. The highest BCUT2D eigenvalue weighted by Gasteiger charge is 2.06. The van der Waals surface area contributed by atoms with Gasteiger partial charge in [-0.3, -0.25) is 4.79 Å². The third-order valence-corrected chi connectivity index (χ3v) is 2.81. The molecule has 0 spiro atoms. The van der Waals surface area contributed by atoms with Crippen molar-refractivity contribution >= 4 is 11.6 Å². The summed E-state index contributed by atoms with van der Waals surface area (Å²) in [6.45, 7) is 8.96. The Labute approximate surface area is 115 Å².